The second-order valence-electron chi connectivity index (χ2n) is 13.0. The number of aromatic nitrogens is 1. The van der Waals surface area contributed by atoms with Gasteiger partial charge in [0.15, 0.2) is 5.84 Å². The third-order valence-corrected chi connectivity index (χ3v) is 10.1. The van der Waals surface area contributed by atoms with Crippen LogP contribution in [0.4, 0.5) is 0 Å². The van der Waals surface area contributed by atoms with Crippen molar-refractivity contribution in [1.82, 2.24) is 9.88 Å². The van der Waals surface area contributed by atoms with Gasteiger partial charge in [-0.05, 0) is 48.0 Å². The molecule has 1 N–H and O–H groups in total. The molecule has 0 saturated heterocycles. The first-order valence-electron chi connectivity index (χ1n) is 17.1. The summed E-state index contributed by atoms with van der Waals surface area (Å²) in [4.78, 5) is 10.3. The molecule has 7 aromatic carbocycles. The first-order valence-corrected chi connectivity index (χ1v) is 17.1. The van der Waals surface area contributed by atoms with Crippen LogP contribution in [0.1, 0.15) is 22.9 Å². The fraction of sp³-hybridized carbons (Fsp3) is 0.0222. The molecule has 240 valence electrons. The van der Waals surface area contributed by atoms with Gasteiger partial charge in [0, 0.05) is 38.1 Å². The average molecular weight is 657 g/mol. The van der Waals surface area contributed by atoms with E-state index in [1.54, 1.807) is 0 Å². The number of benzene rings is 7. The number of para-hydroxylation sites is 2. The Bertz CT molecular complexity index is 3000. The van der Waals surface area contributed by atoms with Crippen molar-refractivity contribution in [2.24, 2.45) is 9.98 Å². The molecule has 0 saturated carbocycles. The molecule has 1 aliphatic heterocycles. The lowest BCUT2D eigenvalue weighted by Gasteiger charge is -2.24. The fourth-order valence-corrected chi connectivity index (χ4v) is 7.87. The number of nitrogens with zero attached hydrogens (tertiary/aromatic N) is 3. The van der Waals surface area contributed by atoms with E-state index in [-0.39, 0.29) is 6.17 Å². The summed E-state index contributed by atoms with van der Waals surface area (Å²) in [5.74, 6) is 1.41. The van der Waals surface area contributed by atoms with Gasteiger partial charge in [0.05, 0.1) is 22.1 Å². The van der Waals surface area contributed by atoms with Crippen molar-refractivity contribution in [2.75, 3.05) is 0 Å². The highest BCUT2D eigenvalue weighted by atomic mass is 16.3. The highest BCUT2D eigenvalue weighted by Crippen LogP contribution is 2.44. The lowest BCUT2D eigenvalue weighted by atomic mass is 9.99. The zero-order valence-electron chi connectivity index (χ0n) is 27.2. The normalized spacial score (nSPS) is 14.9. The van der Waals surface area contributed by atoms with Gasteiger partial charge in [0.25, 0.3) is 0 Å². The minimum Gasteiger partial charge on any atom is -0.456 e. The van der Waals surface area contributed by atoms with Crippen LogP contribution in [0.5, 0.6) is 0 Å². The highest BCUT2D eigenvalue weighted by molar-refractivity contribution is 6.31. The quantitative estimate of drug-likeness (QED) is 0.205. The van der Waals surface area contributed by atoms with E-state index in [0.717, 1.165) is 83.1 Å². The molecule has 0 radical (unpaired) electrons. The molecule has 0 spiro atoms. The number of rotatable bonds is 4. The van der Waals surface area contributed by atoms with Crippen LogP contribution in [0, 0.1) is 0 Å². The van der Waals surface area contributed by atoms with Crippen LogP contribution in [0.25, 0.3) is 71.4 Å². The van der Waals surface area contributed by atoms with Crippen molar-refractivity contribution in [3.8, 4) is 5.69 Å². The van der Waals surface area contributed by atoms with E-state index in [0.29, 0.717) is 5.84 Å². The van der Waals surface area contributed by atoms with Crippen molar-refractivity contribution in [2.45, 2.75) is 6.17 Å². The summed E-state index contributed by atoms with van der Waals surface area (Å²) in [5, 5.41) is 10.1. The van der Waals surface area contributed by atoms with Crippen LogP contribution in [-0.2, 0) is 0 Å². The molecular weight excluding hydrogens is 629 g/mol. The maximum atomic E-state index is 6.66. The Morgan fingerprint density at radius 1 is 0.490 bits per heavy atom. The number of fused-ring (bicyclic) bond motifs is 10. The van der Waals surface area contributed by atoms with Gasteiger partial charge < -0.3 is 18.7 Å². The summed E-state index contributed by atoms with van der Waals surface area (Å²) < 4.78 is 15.7. The van der Waals surface area contributed by atoms with Crippen LogP contribution in [0.15, 0.2) is 177 Å². The molecule has 10 aromatic rings. The molecule has 0 aliphatic carbocycles. The Morgan fingerprint density at radius 2 is 1.06 bits per heavy atom. The largest absolute Gasteiger partial charge is 0.456 e. The second-order valence-corrected chi connectivity index (χ2v) is 13.0. The van der Waals surface area contributed by atoms with E-state index in [9.17, 15) is 0 Å². The van der Waals surface area contributed by atoms with Crippen molar-refractivity contribution in [3.63, 3.8) is 0 Å². The van der Waals surface area contributed by atoms with Crippen molar-refractivity contribution >= 4 is 77.4 Å². The smallest absolute Gasteiger partial charge is 0.159 e. The molecular formula is C45H28N4O2. The van der Waals surface area contributed by atoms with Crippen molar-refractivity contribution in [3.05, 3.63) is 174 Å². The van der Waals surface area contributed by atoms with Crippen LogP contribution >= 0.6 is 0 Å². The minimum atomic E-state index is -0.320. The molecule has 3 aromatic heterocycles. The number of furan rings is 2. The predicted molar refractivity (Wildman–Crippen MR) is 207 cm³/mol. The number of amidine groups is 2. The SMILES string of the molecule is c1ccc(C2=NC(c3ccccc3)NC(c3cccc4oc5ccc6oc7cccc(-n8c9ccccc9c9ccccc98)c7c6c5c34)=N2)cc1. The van der Waals surface area contributed by atoms with Crippen LogP contribution < -0.4 is 5.32 Å². The molecule has 0 amide bonds. The Morgan fingerprint density at radius 3 is 1.76 bits per heavy atom. The minimum absolute atomic E-state index is 0.320. The molecule has 6 nitrogen and oxygen atoms in total. The maximum absolute atomic E-state index is 6.66. The van der Waals surface area contributed by atoms with E-state index in [1.807, 2.05) is 60.7 Å². The van der Waals surface area contributed by atoms with E-state index in [4.69, 9.17) is 18.8 Å². The molecule has 4 heterocycles. The first-order chi connectivity index (χ1) is 25.3. The first kappa shape index (κ1) is 28.0. The average Bonchev–Trinajstić information content (AvgIpc) is 3.88. The molecule has 11 rings (SSSR count). The fourth-order valence-electron chi connectivity index (χ4n) is 7.87. The van der Waals surface area contributed by atoms with Gasteiger partial charge in [-0.3, -0.25) is 0 Å². The number of hydrogen-bond acceptors (Lipinski definition) is 5. The second kappa shape index (κ2) is 10.8. The summed E-state index contributed by atoms with van der Waals surface area (Å²) in [6.07, 6.45) is -0.320. The zero-order valence-corrected chi connectivity index (χ0v) is 27.2. The van der Waals surface area contributed by atoms with Gasteiger partial charge in [0.2, 0.25) is 0 Å². The molecule has 1 atom stereocenters. The van der Waals surface area contributed by atoms with Gasteiger partial charge in [-0.15, -0.1) is 0 Å². The topological polar surface area (TPSA) is 68.0 Å². The summed E-state index contributed by atoms with van der Waals surface area (Å²) in [6.45, 7) is 0. The Hall–Kier alpha value is -6.92. The monoisotopic (exact) mass is 656 g/mol. The van der Waals surface area contributed by atoms with Gasteiger partial charge >= 0.3 is 0 Å². The van der Waals surface area contributed by atoms with E-state index in [2.05, 4.69) is 107 Å². The Labute approximate surface area is 291 Å². The summed E-state index contributed by atoms with van der Waals surface area (Å²) in [5.41, 5.74) is 9.49. The van der Waals surface area contributed by atoms with Gasteiger partial charge in [0.1, 0.15) is 34.3 Å². The molecule has 0 fully saturated rings. The van der Waals surface area contributed by atoms with Crippen LogP contribution in [-0.4, -0.2) is 16.2 Å². The Kier molecular flexibility index (Phi) is 5.92. The molecule has 1 aliphatic rings. The lowest BCUT2D eigenvalue weighted by Crippen LogP contribution is -2.33. The molecule has 51 heavy (non-hydrogen) atoms. The van der Waals surface area contributed by atoms with Gasteiger partial charge in [-0.1, -0.05) is 115 Å². The van der Waals surface area contributed by atoms with E-state index >= 15 is 0 Å². The third-order valence-electron chi connectivity index (χ3n) is 10.1. The van der Waals surface area contributed by atoms with E-state index < -0.39 is 0 Å². The number of aliphatic imine (C=N–C) groups is 2. The molecule has 0 bridgehead atoms. The zero-order chi connectivity index (χ0) is 33.5. The third kappa shape index (κ3) is 4.17. The van der Waals surface area contributed by atoms with Crippen molar-refractivity contribution < 1.29 is 8.83 Å². The van der Waals surface area contributed by atoms with Crippen LogP contribution in [0.3, 0.4) is 0 Å². The Balaban J connectivity index is 1.22. The highest BCUT2D eigenvalue weighted by Gasteiger charge is 2.26. The maximum Gasteiger partial charge on any atom is 0.159 e. The summed E-state index contributed by atoms with van der Waals surface area (Å²) >= 11 is 0. The molecule has 1 unspecified atom stereocenters. The predicted octanol–water partition coefficient (Wildman–Crippen LogP) is 11.1. The van der Waals surface area contributed by atoms with Crippen LogP contribution in [0.2, 0.25) is 0 Å². The lowest BCUT2D eigenvalue weighted by molar-refractivity contribution is 0.662. The van der Waals surface area contributed by atoms with Gasteiger partial charge in [-0.25, -0.2) is 9.98 Å². The standard InChI is InChI=1S/C45H28N4O2/c1-3-13-27(14-4-1)43-46-44(28-15-5-2-6-16-28)48-45(47-43)31-19-11-23-35-39(31)41-37(50-35)25-26-38-42(41)40-34(22-12-24-36(40)51-38)49-32-20-9-7-17-29(32)30-18-8-10-21-33(30)49/h1-26,43H,(H,46,47,48). The summed E-state index contributed by atoms with van der Waals surface area (Å²) in [6, 6.07) is 54.2. The number of nitrogens with one attached hydrogen (secondary N) is 1. The van der Waals surface area contributed by atoms with E-state index in [1.165, 1.54) is 10.8 Å². The molecule has 6 heteroatoms. The summed E-state index contributed by atoms with van der Waals surface area (Å²) in [7, 11) is 0. The van der Waals surface area contributed by atoms with Gasteiger partial charge in [-0.2, -0.15) is 0 Å². The number of hydrogen-bond donors (Lipinski definition) is 1. The van der Waals surface area contributed by atoms with Crippen molar-refractivity contribution in [1.29, 1.82) is 0 Å².